The van der Waals surface area contributed by atoms with Crippen molar-refractivity contribution < 1.29 is 24.5 Å². The van der Waals surface area contributed by atoms with Crippen LogP contribution in [0.25, 0.3) is 0 Å². The second-order valence-corrected chi connectivity index (χ2v) is 3.04. The molecule has 0 saturated heterocycles. The fourth-order valence-corrected chi connectivity index (χ4v) is 0.521. The number of rotatable bonds is 5. The number of carboxylic acid groups (broad SMARTS) is 1. The highest BCUT2D eigenvalue weighted by Gasteiger charge is 2.05. The fraction of sp³-hybridized carbons (Fsp3) is 0.400. The van der Waals surface area contributed by atoms with Gasteiger partial charge < -0.3 is 14.9 Å². The third-order valence-electron chi connectivity index (χ3n) is 1.14. The molecule has 0 rings (SSSR count). The largest absolute Gasteiger partial charge is 0.478 e. The molecule has 0 aromatic heterocycles. The number of carbonyl (C=O) groups excluding carboxylic acids is 1. The van der Waals surface area contributed by atoms with Crippen molar-refractivity contribution in [2.24, 2.45) is 0 Å². The smallest absolute Gasteiger partial charge is 0.332 e. The highest BCUT2D eigenvalue weighted by Crippen LogP contribution is 1.96. The molecule has 0 saturated carbocycles. The van der Waals surface area contributed by atoms with Crippen molar-refractivity contribution in [3.63, 3.8) is 0 Å². The fourth-order valence-electron chi connectivity index (χ4n) is 0.334. The van der Waals surface area contributed by atoms with Crippen LogP contribution in [0.4, 0.5) is 0 Å². The van der Waals surface area contributed by atoms with E-state index in [1.807, 2.05) is 0 Å². The Hall–Kier alpha value is -1.33. The minimum atomic E-state index is -1.11. The van der Waals surface area contributed by atoms with E-state index in [0.717, 1.165) is 6.08 Å². The van der Waals surface area contributed by atoms with Gasteiger partial charge in [0.1, 0.15) is 0 Å². The lowest BCUT2D eigenvalue weighted by Crippen LogP contribution is -2.16. The van der Waals surface area contributed by atoms with Crippen molar-refractivity contribution in [3.05, 3.63) is 24.8 Å². The van der Waals surface area contributed by atoms with Crippen LogP contribution in [0.15, 0.2) is 24.8 Å². The number of aliphatic hydroxyl groups is 1. The molecule has 0 spiro atoms. The molecule has 0 fully saturated rings. The molecule has 0 amide bonds. The summed E-state index contributed by atoms with van der Waals surface area (Å²) in [5.74, 6) is -1.32. The summed E-state index contributed by atoms with van der Waals surface area (Å²) < 4.78 is 4.35. The molecule has 92 valence electrons. The second-order valence-electron chi connectivity index (χ2n) is 2.66. The summed E-state index contributed by atoms with van der Waals surface area (Å²) in [4.78, 5) is 20.0. The number of hydrogen-bond acceptors (Lipinski definition) is 4. The van der Waals surface area contributed by atoms with Gasteiger partial charge in [0, 0.05) is 23.9 Å². The van der Waals surface area contributed by atoms with Gasteiger partial charge >= 0.3 is 11.9 Å². The zero-order valence-corrected chi connectivity index (χ0v) is 9.74. The Labute approximate surface area is 99.0 Å². The molecule has 0 aliphatic carbocycles. The first-order valence-corrected chi connectivity index (χ1v) is 4.84. The van der Waals surface area contributed by atoms with Crippen molar-refractivity contribution in [1.29, 1.82) is 0 Å². The van der Waals surface area contributed by atoms with Gasteiger partial charge in [0.15, 0.2) is 0 Å². The minimum Gasteiger partial charge on any atom is -0.478 e. The van der Waals surface area contributed by atoms with Gasteiger partial charge in [-0.2, -0.15) is 0 Å². The van der Waals surface area contributed by atoms with E-state index in [1.165, 1.54) is 6.92 Å². The average Bonchev–Trinajstić information content (AvgIpc) is 2.18. The summed E-state index contributed by atoms with van der Waals surface area (Å²) in [7, 11) is 0. The number of alkyl halides is 1. The normalized spacial score (nSPS) is 10.4. The van der Waals surface area contributed by atoms with Crippen molar-refractivity contribution in [3.8, 4) is 0 Å². The molecule has 0 aliphatic rings. The number of aliphatic carboxylic acids is 1. The van der Waals surface area contributed by atoms with Crippen LogP contribution in [0.2, 0.25) is 0 Å². The van der Waals surface area contributed by atoms with Crippen molar-refractivity contribution in [2.75, 3.05) is 5.88 Å². The summed E-state index contributed by atoms with van der Waals surface area (Å²) in [5.41, 5.74) is 0.176. The standard InChI is InChI=1S/C6H9ClO3.C4H6O2/c1-2-5(8)10-6(9)3-4-7;1-3(2)4(5)6/h2,6,9H,1,3-4H2;1H2,2H3,(H,5,6). The molecule has 5 nitrogen and oxygen atoms in total. The van der Waals surface area contributed by atoms with Crippen LogP contribution in [-0.2, 0) is 14.3 Å². The number of carbonyl (C=O) groups is 2. The Morgan fingerprint density at radius 3 is 2.25 bits per heavy atom. The molecule has 0 aromatic carbocycles. The van der Waals surface area contributed by atoms with E-state index < -0.39 is 18.2 Å². The van der Waals surface area contributed by atoms with Gasteiger partial charge in [-0.15, -0.1) is 11.6 Å². The molecule has 0 radical (unpaired) electrons. The molecule has 0 heterocycles. The van der Waals surface area contributed by atoms with Gasteiger partial charge in [0.25, 0.3) is 0 Å². The molecule has 16 heavy (non-hydrogen) atoms. The molecule has 6 heteroatoms. The first-order valence-electron chi connectivity index (χ1n) is 4.31. The minimum absolute atomic E-state index is 0.176. The van der Waals surface area contributed by atoms with Crippen LogP contribution in [-0.4, -0.2) is 34.3 Å². The topological polar surface area (TPSA) is 83.8 Å². The SMILES string of the molecule is C=C(C)C(=O)O.C=CC(=O)OC(O)CCCl. The molecular formula is C10H15ClO5. The van der Waals surface area contributed by atoms with Gasteiger partial charge in [-0.25, -0.2) is 9.59 Å². The van der Waals surface area contributed by atoms with E-state index in [0.29, 0.717) is 0 Å². The Bertz CT molecular complexity index is 250. The first kappa shape index (κ1) is 17.1. The molecule has 2 N–H and O–H groups in total. The number of hydrogen-bond donors (Lipinski definition) is 2. The molecule has 0 aliphatic heterocycles. The third kappa shape index (κ3) is 12.7. The van der Waals surface area contributed by atoms with E-state index in [1.54, 1.807) is 0 Å². The van der Waals surface area contributed by atoms with Gasteiger partial charge in [0.05, 0.1) is 0 Å². The number of aliphatic hydroxyl groups excluding tert-OH is 1. The monoisotopic (exact) mass is 250 g/mol. The highest BCUT2D eigenvalue weighted by atomic mass is 35.5. The Balaban J connectivity index is 0. The Kier molecular flexibility index (Phi) is 10.9. The predicted molar refractivity (Wildman–Crippen MR) is 60.1 cm³/mol. The third-order valence-corrected chi connectivity index (χ3v) is 1.36. The van der Waals surface area contributed by atoms with Crippen LogP contribution in [0.5, 0.6) is 0 Å². The van der Waals surface area contributed by atoms with Gasteiger partial charge in [-0.1, -0.05) is 13.2 Å². The maximum absolute atomic E-state index is 10.4. The van der Waals surface area contributed by atoms with E-state index in [2.05, 4.69) is 17.9 Å². The first-order chi connectivity index (χ1) is 7.34. The summed E-state index contributed by atoms with van der Waals surface area (Å²) in [5, 5.41) is 16.7. The van der Waals surface area contributed by atoms with E-state index in [-0.39, 0.29) is 17.9 Å². The number of carboxylic acids is 1. The maximum atomic E-state index is 10.4. The van der Waals surface area contributed by atoms with Crippen molar-refractivity contribution >= 4 is 23.5 Å². The van der Waals surface area contributed by atoms with Crippen LogP contribution < -0.4 is 0 Å². The average molecular weight is 251 g/mol. The summed E-state index contributed by atoms with van der Waals surface area (Å²) >= 11 is 5.25. The molecule has 0 aromatic rings. The molecule has 0 bridgehead atoms. The summed E-state index contributed by atoms with van der Waals surface area (Å²) in [6, 6.07) is 0. The lowest BCUT2D eigenvalue weighted by Gasteiger charge is -2.07. The van der Waals surface area contributed by atoms with Gasteiger partial charge in [-0.3, -0.25) is 0 Å². The zero-order chi connectivity index (χ0) is 13.1. The highest BCUT2D eigenvalue weighted by molar-refractivity contribution is 6.17. The van der Waals surface area contributed by atoms with Crippen molar-refractivity contribution in [2.45, 2.75) is 19.6 Å². The Morgan fingerprint density at radius 1 is 1.56 bits per heavy atom. The summed E-state index contributed by atoms with van der Waals surface area (Å²) in [6.07, 6.45) is 0.112. The second kappa shape index (κ2) is 10.2. The van der Waals surface area contributed by atoms with Crippen LogP contribution in [0, 0.1) is 0 Å². The lowest BCUT2D eigenvalue weighted by molar-refractivity contribution is -0.161. The lowest BCUT2D eigenvalue weighted by atomic mass is 10.4. The van der Waals surface area contributed by atoms with E-state index in [4.69, 9.17) is 21.8 Å². The van der Waals surface area contributed by atoms with Gasteiger partial charge in [-0.05, 0) is 6.92 Å². The molecular weight excluding hydrogens is 236 g/mol. The van der Waals surface area contributed by atoms with Crippen LogP contribution >= 0.6 is 11.6 Å². The maximum Gasteiger partial charge on any atom is 0.332 e. The molecule has 1 unspecified atom stereocenters. The quantitative estimate of drug-likeness (QED) is 0.333. The van der Waals surface area contributed by atoms with E-state index in [9.17, 15) is 9.59 Å². The van der Waals surface area contributed by atoms with Crippen LogP contribution in [0.1, 0.15) is 13.3 Å². The van der Waals surface area contributed by atoms with E-state index >= 15 is 0 Å². The zero-order valence-electron chi connectivity index (χ0n) is 8.98. The van der Waals surface area contributed by atoms with Gasteiger partial charge in [0.2, 0.25) is 6.29 Å². The number of halogens is 1. The predicted octanol–water partition coefficient (Wildman–Crippen LogP) is 1.31. The van der Waals surface area contributed by atoms with Crippen LogP contribution in [0.3, 0.4) is 0 Å². The summed E-state index contributed by atoms with van der Waals surface area (Å²) in [6.45, 7) is 7.76. The molecule has 1 atom stereocenters. The number of esters is 1. The number of ether oxygens (including phenoxy) is 1. The Morgan fingerprint density at radius 2 is 2.00 bits per heavy atom. The van der Waals surface area contributed by atoms with Crippen molar-refractivity contribution in [1.82, 2.24) is 0 Å².